The van der Waals surface area contributed by atoms with Gasteiger partial charge >= 0.3 is 0 Å². The molecule has 4 rings (SSSR count). The van der Waals surface area contributed by atoms with Crippen molar-refractivity contribution in [1.29, 1.82) is 0 Å². The number of likely N-dealkylation sites (N-methyl/N-ethyl adjacent to an activating group) is 1. The summed E-state index contributed by atoms with van der Waals surface area (Å²) in [6.45, 7) is 6.49. The third-order valence-corrected chi connectivity index (χ3v) is 6.47. The fourth-order valence-corrected chi connectivity index (χ4v) is 4.39. The van der Waals surface area contributed by atoms with Crippen molar-refractivity contribution in [1.82, 2.24) is 15.2 Å². The smallest absolute Gasteiger partial charge is 0.252 e. The third kappa shape index (κ3) is 5.60. The molecule has 0 saturated heterocycles. The van der Waals surface area contributed by atoms with Crippen molar-refractivity contribution in [2.45, 2.75) is 20.0 Å². The van der Waals surface area contributed by atoms with Crippen molar-refractivity contribution in [3.05, 3.63) is 82.5 Å². The molecule has 0 aliphatic rings. The molecule has 3 aromatic carbocycles. The number of aromatic nitrogens is 1. The van der Waals surface area contributed by atoms with Gasteiger partial charge in [0.25, 0.3) is 5.91 Å². The number of nitrogen functional groups attached to an aromatic ring is 1. The zero-order valence-electron chi connectivity index (χ0n) is 20.4. The first-order valence-corrected chi connectivity index (χ1v) is 12.3. The van der Waals surface area contributed by atoms with E-state index in [-0.39, 0.29) is 12.5 Å². The van der Waals surface area contributed by atoms with E-state index in [4.69, 9.17) is 17.3 Å². The molecule has 0 aliphatic heterocycles. The SMILES string of the molecule is CCN(CC)CC(O)CNC(=O)c1ccc(C#Cc2c(N)ncc3ccc(Cl)cc23)c2ccccc12. The van der Waals surface area contributed by atoms with Crippen molar-refractivity contribution in [3.8, 4) is 11.8 Å². The number of rotatable bonds is 7. The second-order valence-electron chi connectivity index (χ2n) is 8.56. The molecule has 4 aromatic rings. The van der Waals surface area contributed by atoms with Gasteiger partial charge in [-0.2, -0.15) is 0 Å². The normalized spacial score (nSPS) is 11.9. The molecule has 1 heterocycles. The number of carbonyl (C=O) groups excluding carboxylic acids is 1. The first-order chi connectivity index (χ1) is 17.4. The van der Waals surface area contributed by atoms with E-state index in [0.717, 1.165) is 40.2 Å². The van der Waals surface area contributed by atoms with Crippen LogP contribution in [0.15, 0.2) is 60.8 Å². The second-order valence-corrected chi connectivity index (χ2v) is 8.99. The number of carbonyl (C=O) groups is 1. The average molecular weight is 501 g/mol. The van der Waals surface area contributed by atoms with E-state index in [1.807, 2.05) is 56.3 Å². The number of hydrogen-bond donors (Lipinski definition) is 3. The summed E-state index contributed by atoms with van der Waals surface area (Å²) in [7, 11) is 0. The van der Waals surface area contributed by atoms with Gasteiger partial charge in [0.15, 0.2) is 0 Å². The number of nitrogens with one attached hydrogen (secondary N) is 1. The van der Waals surface area contributed by atoms with Crippen LogP contribution in [0.3, 0.4) is 0 Å². The lowest BCUT2D eigenvalue weighted by Crippen LogP contribution is -2.40. The first-order valence-electron chi connectivity index (χ1n) is 12.0. The number of nitrogens with two attached hydrogens (primary N) is 1. The lowest BCUT2D eigenvalue weighted by atomic mass is 9.98. The maximum Gasteiger partial charge on any atom is 0.252 e. The van der Waals surface area contributed by atoms with Gasteiger partial charge in [-0.25, -0.2) is 4.98 Å². The minimum atomic E-state index is -0.640. The Morgan fingerprint density at radius 2 is 1.83 bits per heavy atom. The van der Waals surface area contributed by atoms with Gasteiger partial charge in [0.05, 0.1) is 11.7 Å². The van der Waals surface area contributed by atoms with Crippen LogP contribution in [0.2, 0.25) is 5.02 Å². The third-order valence-electron chi connectivity index (χ3n) is 6.24. The number of hydrogen-bond acceptors (Lipinski definition) is 5. The van der Waals surface area contributed by atoms with E-state index < -0.39 is 6.10 Å². The molecule has 0 radical (unpaired) electrons. The standard InChI is InChI=1S/C29H29ClN4O2/c1-3-34(4-2)18-22(35)17-33-29(36)26-14-11-19(23-7-5-6-8-24(23)26)10-13-25-27-15-21(30)12-9-20(27)16-32-28(25)31/h5-9,11-12,14-16,22,35H,3-4,17-18H2,1-2H3,(H2,31,32)(H,33,36). The topological polar surface area (TPSA) is 91.5 Å². The molecule has 36 heavy (non-hydrogen) atoms. The Morgan fingerprint density at radius 3 is 2.58 bits per heavy atom. The molecule has 184 valence electrons. The van der Waals surface area contributed by atoms with Crippen molar-refractivity contribution >= 4 is 44.9 Å². The lowest BCUT2D eigenvalue weighted by molar-refractivity contribution is 0.0871. The summed E-state index contributed by atoms with van der Waals surface area (Å²) in [5, 5.41) is 17.2. The number of benzene rings is 3. The number of amides is 1. The summed E-state index contributed by atoms with van der Waals surface area (Å²) in [6.07, 6.45) is 1.06. The summed E-state index contributed by atoms with van der Waals surface area (Å²) in [4.78, 5) is 19.4. The number of fused-ring (bicyclic) bond motifs is 2. The summed E-state index contributed by atoms with van der Waals surface area (Å²) in [5.74, 6) is 6.49. The van der Waals surface area contributed by atoms with Crippen LogP contribution in [0, 0.1) is 11.8 Å². The summed E-state index contributed by atoms with van der Waals surface area (Å²) in [6, 6.07) is 16.8. The van der Waals surface area contributed by atoms with Crippen LogP contribution in [0.4, 0.5) is 5.82 Å². The van der Waals surface area contributed by atoms with Gasteiger partial charge in [-0.15, -0.1) is 0 Å². The van der Waals surface area contributed by atoms with Crippen LogP contribution in [-0.4, -0.2) is 53.2 Å². The first kappa shape index (κ1) is 25.5. The van der Waals surface area contributed by atoms with E-state index in [1.165, 1.54) is 0 Å². The molecule has 0 saturated carbocycles. The van der Waals surface area contributed by atoms with Gasteiger partial charge in [-0.3, -0.25) is 4.79 Å². The zero-order chi connectivity index (χ0) is 25.7. The van der Waals surface area contributed by atoms with Gasteiger partial charge in [0, 0.05) is 46.2 Å². The van der Waals surface area contributed by atoms with Crippen molar-refractivity contribution in [2.75, 3.05) is 31.9 Å². The number of nitrogens with zero attached hydrogens (tertiary/aromatic N) is 2. The fourth-order valence-electron chi connectivity index (χ4n) is 4.22. The highest BCUT2D eigenvalue weighted by atomic mass is 35.5. The molecule has 0 fully saturated rings. The highest BCUT2D eigenvalue weighted by molar-refractivity contribution is 6.31. The molecule has 4 N–H and O–H groups in total. The summed E-state index contributed by atoms with van der Waals surface area (Å²) in [5.41, 5.74) is 8.06. The van der Waals surface area contributed by atoms with Crippen LogP contribution < -0.4 is 11.1 Å². The molecular weight excluding hydrogens is 472 g/mol. The van der Waals surface area contributed by atoms with Gasteiger partial charge in [-0.1, -0.05) is 67.6 Å². The largest absolute Gasteiger partial charge is 0.390 e. The zero-order valence-corrected chi connectivity index (χ0v) is 21.1. The highest BCUT2D eigenvalue weighted by Gasteiger charge is 2.15. The number of pyridine rings is 1. The van der Waals surface area contributed by atoms with E-state index in [0.29, 0.717) is 28.5 Å². The molecule has 6 nitrogen and oxygen atoms in total. The van der Waals surface area contributed by atoms with E-state index in [9.17, 15) is 9.90 Å². The number of halogens is 1. The van der Waals surface area contributed by atoms with Crippen LogP contribution in [0.5, 0.6) is 0 Å². The monoisotopic (exact) mass is 500 g/mol. The summed E-state index contributed by atoms with van der Waals surface area (Å²) < 4.78 is 0. The van der Waals surface area contributed by atoms with Gasteiger partial charge < -0.3 is 21.1 Å². The van der Waals surface area contributed by atoms with E-state index >= 15 is 0 Å². The van der Waals surface area contributed by atoms with Crippen LogP contribution in [0.25, 0.3) is 21.5 Å². The maximum absolute atomic E-state index is 13.0. The van der Waals surface area contributed by atoms with Crippen LogP contribution in [0.1, 0.15) is 35.3 Å². The minimum Gasteiger partial charge on any atom is -0.390 e. The molecule has 0 bridgehead atoms. The molecule has 0 spiro atoms. The van der Waals surface area contributed by atoms with Crippen LogP contribution in [-0.2, 0) is 0 Å². The number of anilines is 1. The highest BCUT2D eigenvalue weighted by Crippen LogP contribution is 2.26. The average Bonchev–Trinajstić information content (AvgIpc) is 2.89. The molecular formula is C29H29ClN4O2. The quantitative estimate of drug-likeness (QED) is 0.326. The van der Waals surface area contributed by atoms with Crippen molar-refractivity contribution in [2.24, 2.45) is 0 Å². The molecule has 1 aromatic heterocycles. The predicted octanol–water partition coefficient (Wildman–Crippen LogP) is 4.46. The Labute approximate surface area is 216 Å². The molecule has 1 amide bonds. The van der Waals surface area contributed by atoms with E-state index in [1.54, 1.807) is 18.3 Å². The Hall–Kier alpha value is -3.63. The number of aliphatic hydroxyl groups excluding tert-OH is 1. The van der Waals surface area contributed by atoms with Gasteiger partial charge in [0.1, 0.15) is 5.82 Å². The Morgan fingerprint density at radius 1 is 1.08 bits per heavy atom. The fraction of sp³-hybridized carbons (Fsp3) is 0.241. The molecule has 1 unspecified atom stereocenters. The number of aliphatic hydroxyl groups is 1. The molecule has 1 atom stereocenters. The Kier molecular flexibility index (Phi) is 8.07. The van der Waals surface area contributed by atoms with E-state index in [2.05, 4.69) is 27.0 Å². The van der Waals surface area contributed by atoms with Crippen molar-refractivity contribution in [3.63, 3.8) is 0 Å². The lowest BCUT2D eigenvalue weighted by Gasteiger charge is -2.22. The molecule has 7 heteroatoms. The van der Waals surface area contributed by atoms with Crippen molar-refractivity contribution < 1.29 is 9.90 Å². The maximum atomic E-state index is 13.0. The Balaban J connectivity index is 1.63. The Bertz CT molecular complexity index is 1470. The van der Waals surface area contributed by atoms with Gasteiger partial charge in [0.2, 0.25) is 0 Å². The second kappa shape index (κ2) is 11.4. The molecule has 0 aliphatic carbocycles. The predicted molar refractivity (Wildman–Crippen MR) is 147 cm³/mol. The van der Waals surface area contributed by atoms with Gasteiger partial charge in [-0.05, 0) is 48.1 Å². The summed E-state index contributed by atoms with van der Waals surface area (Å²) >= 11 is 6.20. The van der Waals surface area contributed by atoms with Crippen LogP contribution >= 0.6 is 11.6 Å². The minimum absolute atomic E-state index is 0.182.